The standard InChI is InChI=1S/C20H24FN3O/c1-16-4-2-3-5-17(16)14-23-10-12-24(13-11-23)15-20(25)22-19-8-6-18(21)7-9-19/h2-9H,10-15H2,1H3,(H,22,25)/p+2. The van der Waals surface area contributed by atoms with Gasteiger partial charge in [0.05, 0.1) is 0 Å². The number of rotatable bonds is 5. The van der Waals surface area contributed by atoms with E-state index in [9.17, 15) is 9.18 Å². The molecule has 0 aromatic heterocycles. The molecule has 2 aromatic carbocycles. The van der Waals surface area contributed by atoms with E-state index in [2.05, 4.69) is 36.5 Å². The molecule has 0 atom stereocenters. The Morgan fingerprint density at radius 3 is 2.32 bits per heavy atom. The first-order valence-electron chi connectivity index (χ1n) is 8.87. The number of amides is 1. The molecule has 1 aliphatic heterocycles. The maximum Gasteiger partial charge on any atom is 0.279 e. The first-order valence-corrected chi connectivity index (χ1v) is 8.87. The van der Waals surface area contributed by atoms with Gasteiger partial charge in [-0.1, -0.05) is 24.3 Å². The summed E-state index contributed by atoms with van der Waals surface area (Å²) in [6.07, 6.45) is 0. The van der Waals surface area contributed by atoms with Gasteiger partial charge in [-0.15, -0.1) is 0 Å². The molecular weight excluding hydrogens is 317 g/mol. The van der Waals surface area contributed by atoms with Crippen LogP contribution in [0.5, 0.6) is 0 Å². The van der Waals surface area contributed by atoms with Gasteiger partial charge in [0.2, 0.25) is 0 Å². The summed E-state index contributed by atoms with van der Waals surface area (Å²) >= 11 is 0. The van der Waals surface area contributed by atoms with Crippen LogP contribution in [0.1, 0.15) is 11.1 Å². The van der Waals surface area contributed by atoms with Crippen molar-refractivity contribution in [2.75, 3.05) is 38.0 Å². The third-order valence-corrected chi connectivity index (χ3v) is 4.90. The summed E-state index contributed by atoms with van der Waals surface area (Å²) in [7, 11) is 0. The first kappa shape index (κ1) is 17.6. The number of hydrogen-bond acceptors (Lipinski definition) is 1. The highest BCUT2D eigenvalue weighted by atomic mass is 19.1. The number of quaternary nitrogens is 2. The molecule has 3 N–H and O–H groups in total. The van der Waals surface area contributed by atoms with Crippen LogP contribution in [-0.2, 0) is 11.3 Å². The molecule has 25 heavy (non-hydrogen) atoms. The molecule has 0 bridgehead atoms. The van der Waals surface area contributed by atoms with E-state index in [-0.39, 0.29) is 11.7 Å². The molecule has 4 nitrogen and oxygen atoms in total. The minimum Gasteiger partial charge on any atom is -0.322 e. The van der Waals surface area contributed by atoms with Crippen LogP contribution < -0.4 is 15.1 Å². The monoisotopic (exact) mass is 343 g/mol. The van der Waals surface area contributed by atoms with Crippen molar-refractivity contribution in [3.63, 3.8) is 0 Å². The van der Waals surface area contributed by atoms with Crippen LogP contribution in [0, 0.1) is 12.7 Å². The van der Waals surface area contributed by atoms with Gasteiger partial charge in [0.25, 0.3) is 5.91 Å². The van der Waals surface area contributed by atoms with Gasteiger partial charge in [0.1, 0.15) is 38.5 Å². The van der Waals surface area contributed by atoms with Gasteiger partial charge < -0.3 is 15.1 Å². The fourth-order valence-electron chi connectivity index (χ4n) is 3.35. The van der Waals surface area contributed by atoms with E-state index in [1.54, 1.807) is 17.0 Å². The van der Waals surface area contributed by atoms with Crippen LogP contribution in [0.25, 0.3) is 0 Å². The molecule has 1 aliphatic rings. The minimum absolute atomic E-state index is 0.0102. The number of nitrogens with one attached hydrogen (secondary N) is 3. The number of carbonyl (C=O) groups excluding carboxylic acids is 1. The van der Waals surface area contributed by atoms with Gasteiger partial charge in [-0.25, -0.2) is 4.39 Å². The van der Waals surface area contributed by atoms with Gasteiger partial charge in [-0.05, 0) is 36.8 Å². The van der Waals surface area contributed by atoms with E-state index < -0.39 is 0 Å². The number of halogens is 1. The van der Waals surface area contributed by atoms with Crippen LogP contribution in [0.2, 0.25) is 0 Å². The Labute approximate surface area is 148 Å². The lowest BCUT2D eigenvalue weighted by molar-refractivity contribution is -1.02. The Morgan fingerprint density at radius 2 is 1.64 bits per heavy atom. The number of carbonyl (C=O) groups is 1. The summed E-state index contributed by atoms with van der Waals surface area (Å²) in [5.74, 6) is -0.305. The predicted octanol–water partition coefficient (Wildman–Crippen LogP) is 0.0562. The van der Waals surface area contributed by atoms with Gasteiger partial charge in [0.15, 0.2) is 6.54 Å². The molecule has 132 valence electrons. The number of benzene rings is 2. The van der Waals surface area contributed by atoms with Crippen LogP contribution in [0.15, 0.2) is 48.5 Å². The second-order valence-electron chi connectivity index (χ2n) is 6.84. The SMILES string of the molecule is Cc1ccccc1C[NH+]1CC[NH+](CC(=O)Nc2ccc(F)cc2)CC1. The fourth-order valence-corrected chi connectivity index (χ4v) is 3.35. The van der Waals surface area contributed by atoms with Crippen molar-refractivity contribution in [2.24, 2.45) is 0 Å². The first-order chi connectivity index (χ1) is 12.1. The highest BCUT2D eigenvalue weighted by Crippen LogP contribution is 2.07. The van der Waals surface area contributed by atoms with Gasteiger partial charge in [-0.2, -0.15) is 0 Å². The molecule has 0 radical (unpaired) electrons. The Morgan fingerprint density at radius 1 is 1.00 bits per heavy atom. The van der Waals surface area contributed by atoms with E-state index in [1.165, 1.54) is 28.2 Å². The number of anilines is 1. The zero-order valence-electron chi connectivity index (χ0n) is 14.6. The summed E-state index contributed by atoms with van der Waals surface area (Å²) in [4.78, 5) is 15.0. The topological polar surface area (TPSA) is 38.0 Å². The van der Waals surface area contributed by atoms with Crippen LogP contribution >= 0.6 is 0 Å². The van der Waals surface area contributed by atoms with Crippen LogP contribution in [0.4, 0.5) is 10.1 Å². The Balaban J connectivity index is 1.43. The van der Waals surface area contributed by atoms with Crippen molar-refractivity contribution in [1.29, 1.82) is 0 Å². The predicted molar refractivity (Wildman–Crippen MR) is 96.2 cm³/mol. The van der Waals surface area contributed by atoms with E-state index >= 15 is 0 Å². The van der Waals surface area contributed by atoms with Crippen LogP contribution in [-0.4, -0.2) is 38.6 Å². The summed E-state index contributed by atoms with van der Waals surface area (Å²) in [5, 5.41) is 2.84. The van der Waals surface area contributed by atoms with Gasteiger partial charge in [-0.3, -0.25) is 4.79 Å². The maximum atomic E-state index is 12.9. The highest BCUT2D eigenvalue weighted by Gasteiger charge is 2.25. The molecule has 0 unspecified atom stereocenters. The highest BCUT2D eigenvalue weighted by molar-refractivity contribution is 5.91. The molecule has 1 amide bonds. The van der Waals surface area contributed by atoms with Crippen molar-refractivity contribution < 1.29 is 19.0 Å². The largest absolute Gasteiger partial charge is 0.322 e. The molecule has 1 saturated heterocycles. The lowest BCUT2D eigenvalue weighted by Crippen LogP contribution is -3.28. The molecule has 0 spiro atoms. The van der Waals surface area contributed by atoms with Crippen molar-refractivity contribution >= 4 is 11.6 Å². The lowest BCUT2D eigenvalue weighted by Gasteiger charge is -2.29. The Hall–Kier alpha value is -2.24. The minimum atomic E-state index is -0.295. The third-order valence-electron chi connectivity index (χ3n) is 4.90. The molecule has 2 aromatic rings. The summed E-state index contributed by atoms with van der Waals surface area (Å²) in [6, 6.07) is 14.4. The van der Waals surface area contributed by atoms with Crippen molar-refractivity contribution in [3.05, 3.63) is 65.5 Å². The second kappa shape index (κ2) is 8.23. The third kappa shape index (κ3) is 5.11. The van der Waals surface area contributed by atoms with Crippen molar-refractivity contribution in [3.8, 4) is 0 Å². The maximum absolute atomic E-state index is 12.9. The normalized spacial score (nSPS) is 20.2. The molecule has 5 heteroatoms. The number of hydrogen-bond donors (Lipinski definition) is 3. The summed E-state index contributed by atoms with van der Waals surface area (Å²) in [5.41, 5.74) is 3.41. The summed E-state index contributed by atoms with van der Waals surface area (Å²) < 4.78 is 12.9. The number of aryl methyl sites for hydroxylation is 1. The molecule has 1 heterocycles. The Bertz CT molecular complexity index is 709. The molecule has 0 saturated carbocycles. The molecule has 3 rings (SSSR count). The molecular formula is C20H26FN3O+2. The smallest absolute Gasteiger partial charge is 0.279 e. The zero-order valence-corrected chi connectivity index (χ0v) is 14.6. The van der Waals surface area contributed by atoms with E-state index in [4.69, 9.17) is 0 Å². The lowest BCUT2D eigenvalue weighted by atomic mass is 10.1. The molecule has 1 fully saturated rings. The Kier molecular flexibility index (Phi) is 5.79. The van der Waals surface area contributed by atoms with E-state index in [0.29, 0.717) is 12.2 Å². The second-order valence-corrected chi connectivity index (χ2v) is 6.84. The number of piperazine rings is 1. The van der Waals surface area contributed by atoms with Gasteiger partial charge >= 0.3 is 0 Å². The van der Waals surface area contributed by atoms with Crippen molar-refractivity contribution in [2.45, 2.75) is 13.5 Å². The fraction of sp³-hybridized carbons (Fsp3) is 0.350. The van der Waals surface area contributed by atoms with E-state index in [1.807, 2.05) is 0 Å². The average Bonchev–Trinajstić information content (AvgIpc) is 2.61. The van der Waals surface area contributed by atoms with E-state index in [0.717, 1.165) is 32.7 Å². The van der Waals surface area contributed by atoms with Crippen LogP contribution in [0.3, 0.4) is 0 Å². The average molecular weight is 343 g/mol. The quantitative estimate of drug-likeness (QED) is 0.706. The summed E-state index contributed by atoms with van der Waals surface area (Å²) in [6.45, 7) is 7.84. The van der Waals surface area contributed by atoms with Gasteiger partial charge in [0, 0.05) is 11.3 Å². The molecule has 0 aliphatic carbocycles. The zero-order chi connectivity index (χ0) is 17.6. The van der Waals surface area contributed by atoms with Crippen molar-refractivity contribution in [1.82, 2.24) is 0 Å².